The Morgan fingerprint density at radius 1 is 1.12 bits per heavy atom. The molecule has 1 N–H and O–H groups in total. The van der Waals surface area contributed by atoms with Crippen LogP contribution in [0.25, 0.3) is 11.4 Å². The van der Waals surface area contributed by atoms with E-state index in [9.17, 15) is 14.7 Å². The van der Waals surface area contributed by atoms with Crippen molar-refractivity contribution in [3.05, 3.63) is 99.9 Å². The topological polar surface area (TPSA) is 88.0 Å². The smallest absolute Gasteiger partial charge is 0.296 e. The molecule has 1 aliphatic heterocycles. The molecule has 1 fully saturated rings. The van der Waals surface area contributed by atoms with Gasteiger partial charge < -0.3 is 18.8 Å². The van der Waals surface area contributed by atoms with Gasteiger partial charge in [-0.05, 0) is 55.3 Å². The van der Waals surface area contributed by atoms with E-state index in [-0.39, 0.29) is 23.6 Å². The number of aliphatic hydroxyl groups is 1. The van der Waals surface area contributed by atoms with E-state index in [0.717, 1.165) is 5.56 Å². The van der Waals surface area contributed by atoms with Crippen molar-refractivity contribution in [1.29, 1.82) is 0 Å². The molecular weight excluding hydrogens is 442 g/mol. The normalized spacial score (nSPS) is 17.9. The molecule has 1 amide bonds. The summed E-state index contributed by atoms with van der Waals surface area (Å²) in [5.41, 5.74) is 3.15. The number of rotatable bonds is 4. The van der Waals surface area contributed by atoms with Crippen LogP contribution >= 0.6 is 11.6 Å². The van der Waals surface area contributed by atoms with Crippen LogP contribution in [-0.4, -0.2) is 31.1 Å². The molecule has 0 bridgehead atoms. The lowest BCUT2D eigenvalue weighted by Gasteiger charge is -2.24. The number of carbonyl (C=O) groups is 2. The number of benzene rings is 1. The first kappa shape index (κ1) is 21.0. The number of likely N-dealkylation sites (tertiary alicyclic amines) is 1. The van der Waals surface area contributed by atoms with E-state index in [0.29, 0.717) is 27.7 Å². The molecule has 5 rings (SSSR count). The highest BCUT2D eigenvalue weighted by atomic mass is 35.5. The standard InChI is InChI=1S/C25H20ClN3O4/c1-14-5-3-11-28-15(2)20(27-24(14)28)22(30)19-21(16-7-9-17(26)10-8-16)29(25(32)23(19)31)13-18-6-4-12-33-18/h3-12,21,30H,13H2,1-2H3/b22-19+. The Bertz CT molecular complexity index is 1420. The first-order valence-corrected chi connectivity index (χ1v) is 10.8. The SMILES string of the molecule is Cc1cccn2c(C)c(/C(O)=C3\C(=O)C(=O)N(Cc4ccco4)C3c3ccc(Cl)cc3)nc12. The van der Waals surface area contributed by atoms with Gasteiger partial charge >= 0.3 is 0 Å². The Morgan fingerprint density at radius 3 is 2.55 bits per heavy atom. The Kier molecular flexibility index (Phi) is 5.06. The van der Waals surface area contributed by atoms with E-state index in [1.54, 1.807) is 36.4 Å². The summed E-state index contributed by atoms with van der Waals surface area (Å²) in [6.45, 7) is 3.80. The molecule has 0 radical (unpaired) electrons. The zero-order valence-electron chi connectivity index (χ0n) is 17.9. The highest BCUT2D eigenvalue weighted by Gasteiger charge is 2.46. The number of aromatic nitrogens is 2. The number of carbonyl (C=O) groups excluding carboxylic acids is 2. The molecule has 1 unspecified atom stereocenters. The predicted octanol–water partition coefficient (Wildman–Crippen LogP) is 4.82. The molecule has 166 valence electrons. The molecule has 4 heterocycles. The molecule has 0 spiro atoms. The molecule has 8 heteroatoms. The van der Waals surface area contributed by atoms with Crippen molar-refractivity contribution < 1.29 is 19.1 Å². The van der Waals surface area contributed by atoms with Gasteiger partial charge in [0.25, 0.3) is 11.7 Å². The van der Waals surface area contributed by atoms with E-state index in [2.05, 4.69) is 4.98 Å². The maximum Gasteiger partial charge on any atom is 0.296 e. The average molecular weight is 462 g/mol. The van der Waals surface area contributed by atoms with E-state index in [1.807, 2.05) is 36.6 Å². The fourth-order valence-electron chi connectivity index (χ4n) is 4.28. The van der Waals surface area contributed by atoms with Gasteiger partial charge in [-0.3, -0.25) is 9.59 Å². The lowest BCUT2D eigenvalue weighted by atomic mass is 9.96. The minimum atomic E-state index is -0.822. The lowest BCUT2D eigenvalue weighted by molar-refractivity contribution is -0.140. The maximum absolute atomic E-state index is 13.2. The fraction of sp³-hybridized carbons (Fsp3) is 0.160. The van der Waals surface area contributed by atoms with E-state index < -0.39 is 17.7 Å². The predicted molar refractivity (Wildman–Crippen MR) is 123 cm³/mol. The minimum absolute atomic E-state index is 0.0157. The number of aryl methyl sites for hydroxylation is 2. The number of amides is 1. The van der Waals surface area contributed by atoms with Crippen molar-refractivity contribution >= 4 is 34.7 Å². The van der Waals surface area contributed by atoms with E-state index in [1.165, 1.54) is 11.2 Å². The van der Waals surface area contributed by atoms with Gasteiger partial charge in [-0.1, -0.05) is 29.8 Å². The second-order valence-corrected chi connectivity index (χ2v) is 8.42. The average Bonchev–Trinajstić information content (AvgIpc) is 3.49. The van der Waals surface area contributed by atoms with Crippen LogP contribution in [0.15, 0.2) is 71.0 Å². The molecule has 1 aromatic carbocycles. The number of Topliss-reactive ketones (excluding diaryl/α,β-unsaturated/α-hetero) is 1. The summed E-state index contributed by atoms with van der Waals surface area (Å²) in [6, 6.07) is 13.3. The Balaban J connectivity index is 1.71. The molecule has 1 saturated heterocycles. The third kappa shape index (κ3) is 3.41. The molecule has 4 aromatic rings. The van der Waals surface area contributed by atoms with Gasteiger partial charge in [-0.15, -0.1) is 0 Å². The van der Waals surface area contributed by atoms with Crippen molar-refractivity contribution in [1.82, 2.24) is 14.3 Å². The minimum Gasteiger partial charge on any atom is -0.505 e. The van der Waals surface area contributed by atoms with Gasteiger partial charge in [-0.25, -0.2) is 4.98 Å². The van der Waals surface area contributed by atoms with Gasteiger partial charge in [-0.2, -0.15) is 0 Å². The molecule has 0 saturated carbocycles. The zero-order valence-corrected chi connectivity index (χ0v) is 18.7. The summed E-state index contributed by atoms with van der Waals surface area (Å²) >= 11 is 6.07. The number of fused-ring (bicyclic) bond motifs is 1. The number of nitrogens with zero attached hydrogens (tertiary/aromatic N) is 3. The van der Waals surface area contributed by atoms with Crippen molar-refractivity contribution in [3.63, 3.8) is 0 Å². The number of ketones is 1. The van der Waals surface area contributed by atoms with Crippen LogP contribution in [0.2, 0.25) is 5.02 Å². The van der Waals surface area contributed by atoms with E-state index >= 15 is 0 Å². The number of pyridine rings is 1. The molecule has 3 aromatic heterocycles. The number of hydrogen-bond donors (Lipinski definition) is 1. The zero-order chi connectivity index (χ0) is 23.3. The first-order valence-electron chi connectivity index (χ1n) is 10.4. The van der Waals surface area contributed by atoms with Crippen LogP contribution in [0.4, 0.5) is 0 Å². The van der Waals surface area contributed by atoms with Crippen molar-refractivity contribution in [2.75, 3.05) is 0 Å². The molecular formula is C25H20ClN3O4. The summed E-state index contributed by atoms with van der Waals surface area (Å²) < 4.78 is 7.26. The molecule has 0 aliphatic carbocycles. The van der Waals surface area contributed by atoms with Crippen LogP contribution in [0.1, 0.15) is 34.3 Å². The van der Waals surface area contributed by atoms with Gasteiger partial charge in [0.1, 0.15) is 17.1 Å². The van der Waals surface area contributed by atoms with Crippen LogP contribution < -0.4 is 0 Å². The first-order chi connectivity index (χ1) is 15.9. The summed E-state index contributed by atoms with van der Waals surface area (Å²) in [6.07, 6.45) is 3.35. The Hall–Kier alpha value is -3.84. The number of halogens is 1. The largest absolute Gasteiger partial charge is 0.505 e. The van der Waals surface area contributed by atoms with Crippen LogP contribution in [0.5, 0.6) is 0 Å². The monoisotopic (exact) mass is 461 g/mol. The van der Waals surface area contributed by atoms with Gasteiger partial charge in [0.2, 0.25) is 0 Å². The van der Waals surface area contributed by atoms with Crippen molar-refractivity contribution in [2.24, 2.45) is 0 Å². The van der Waals surface area contributed by atoms with Crippen LogP contribution in [0, 0.1) is 13.8 Å². The van der Waals surface area contributed by atoms with Gasteiger partial charge in [0.15, 0.2) is 5.76 Å². The molecule has 7 nitrogen and oxygen atoms in total. The third-order valence-electron chi connectivity index (χ3n) is 5.94. The van der Waals surface area contributed by atoms with Crippen molar-refractivity contribution in [2.45, 2.75) is 26.4 Å². The number of furan rings is 1. The fourth-order valence-corrected chi connectivity index (χ4v) is 4.41. The van der Waals surface area contributed by atoms with E-state index in [4.69, 9.17) is 16.0 Å². The second kappa shape index (κ2) is 7.94. The Labute approximate surface area is 194 Å². The number of imidazole rings is 1. The highest BCUT2D eigenvalue weighted by Crippen LogP contribution is 2.41. The molecule has 33 heavy (non-hydrogen) atoms. The molecule has 1 atom stereocenters. The summed E-state index contributed by atoms with van der Waals surface area (Å²) in [5.74, 6) is -1.27. The van der Waals surface area contributed by atoms with Crippen molar-refractivity contribution in [3.8, 4) is 0 Å². The Morgan fingerprint density at radius 2 is 1.88 bits per heavy atom. The lowest BCUT2D eigenvalue weighted by Crippen LogP contribution is -2.29. The summed E-state index contributed by atoms with van der Waals surface area (Å²) in [5, 5.41) is 11.9. The second-order valence-electron chi connectivity index (χ2n) is 7.99. The van der Waals surface area contributed by atoms with Gasteiger partial charge in [0, 0.05) is 11.2 Å². The summed E-state index contributed by atoms with van der Waals surface area (Å²) in [4.78, 5) is 32.3. The maximum atomic E-state index is 13.2. The van der Waals surface area contributed by atoms with Crippen LogP contribution in [-0.2, 0) is 16.1 Å². The highest BCUT2D eigenvalue weighted by molar-refractivity contribution is 6.46. The number of hydrogen-bond acceptors (Lipinski definition) is 5. The quantitative estimate of drug-likeness (QED) is 0.267. The van der Waals surface area contributed by atoms with Crippen LogP contribution in [0.3, 0.4) is 0 Å². The molecule has 1 aliphatic rings. The third-order valence-corrected chi connectivity index (χ3v) is 6.19. The number of aliphatic hydroxyl groups excluding tert-OH is 1. The van der Waals surface area contributed by atoms with Gasteiger partial charge in [0.05, 0.1) is 30.1 Å². The summed E-state index contributed by atoms with van der Waals surface area (Å²) in [7, 11) is 0.